The number of hydrogen-bond donors (Lipinski definition) is 2. The van der Waals surface area contributed by atoms with Crippen LogP contribution in [0.25, 0.3) is 0 Å². The summed E-state index contributed by atoms with van der Waals surface area (Å²) in [6, 6.07) is 8.60. The van der Waals surface area contributed by atoms with Crippen LogP contribution in [-0.2, 0) is 9.59 Å². The molecular formula is C15H23N3O2. The number of nitrogens with one attached hydrogen (secondary N) is 1. The molecule has 0 heterocycles. The number of nitrogens with two attached hydrogens (primary N) is 1. The quantitative estimate of drug-likeness (QED) is 0.845. The van der Waals surface area contributed by atoms with E-state index in [4.69, 9.17) is 5.73 Å². The van der Waals surface area contributed by atoms with Crippen LogP contribution in [0, 0.1) is 0 Å². The SMILES string of the molecule is CN(CC(=O)NC(C)(C)C)C(C(N)=O)c1ccccc1. The lowest BCUT2D eigenvalue weighted by Crippen LogP contribution is -2.47. The lowest BCUT2D eigenvalue weighted by molar-refractivity contribution is -0.127. The van der Waals surface area contributed by atoms with Crippen LogP contribution in [0.4, 0.5) is 0 Å². The fourth-order valence-electron chi connectivity index (χ4n) is 2.05. The van der Waals surface area contributed by atoms with Crippen molar-refractivity contribution in [1.82, 2.24) is 10.2 Å². The van der Waals surface area contributed by atoms with Gasteiger partial charge in [-0.3, -0.25) is 14.5 Å². The van der Waals surface area contributed by atoms with E-state index in [1.807, 2.05) is 51.1 Å². The van der Waals surface area contributed by atoms with E-state index in [9.17, 15) is 9.59 Å². The molecule has 1 rings (SSSR count). The molecule has 0 fully saturated rings. The summed E-state index contributed by atoms with van der Waals surface area (Å²) in [5.74, 6) is -0.607. The average molecular weight is 277 g/mol. The highest BCUT2D eigenvalue weighted by Crippen LogP contribution is 2.18. The minimum atomic E-state index is -0.609. The van der Waals surface area contributed by atoms with E-state index in [-0.39, 0.29) is 18.0 Å². The number of carbonyl (C=O) groups is 2. The lowest BCUT2D eigenvalue weighted by atomic mass is 10.0. The number of amides is 2. The van der Waals surface area contributed by atoms with Crippen molar-refractivity contribution in [3.05, 3.63) is 35.9 Å². The zero-order valence-electron chi connectivity index (χ0n) is 12.5. The molecule has 1 aromatic carbocycles. The molecule has 0 bridgehead atoms. The third kappa shape index (κ3) is 5.01. The molecule has 0 radical (unpaired) electrons. The van der Waals surface area contributed by atoms with Gasteiger partial charge in [0.25, 0.3) is 0 Å². The number of nitrogens with zero attached hydrogens (tertiary/aromatic N) is 1. The molecule has 1 unspecified atom stereocenters. The predicted molar refractivity (Wildman–Crippen MR) is 78.9 cm³/mol. The van der Waals surface area contributed by atoms with E-state index in [0.717, 1.165) is 5.56 Å². The number of primary amides is 1. The Labute approximate surface area is 120 Å². The largest absolute Gasteiger partial charge is 0.368 e. The van der Waals surface area contributed by atoms with Crippen LogP contribution in [-0.4, -0.2) is 35.8 Å². The summed E-state index contributed by atoms with van der Waals surface area (Å²) >= 11 is 0. The van der Waals surface area contributed by atoms with Crippen molar-refractivity contribution in [2.45, 2.75) is 32.4 Å². The number of hydrogen-bond acceptors (Lipinski definition) is 3. The molecule has 1 atom stereocenters. The lowest BCUT2D eigenvalue weighted by Gasteiger charge is -2.27. The minimum absolute atomic E-state index is 0.111. The predicted octanol–water partition coefficient (Wildman–Crippen LogP) is 1.06. The first kappa shape index (κ1) is 16.2. The van der Waals surface area contributed by atoms with Gasteiger partial charge in [-0.25, -0.2) is 0 Å². The molecule has 0 aromatic heterocycles. The summed E-state index contributed by atoms with van der Waals surface area (Å²) in [5.41, 5.74) is 5.94. The van der Waals surface area contributed by atoms with Gasteiger partial charge in [0.05, 0.1) is 6.54 Å². The maximum Gasteiger partial charge on any atom is 0.239 e. The summed E-state index contributed by atoms with van der Waals surface area (Å²) in [7, 11) is 1.71. The molecule has 0 aliphatic rings. The number of likely N-dealkylation sites (N-methyl/N-ethyl adjacent to an activating group) is 1. The number of rotatable bonds is 5. The van der Waals surface area contributed by atoms with Crippen LogP contribution in [0.15, 0.2) is 30.3 Å². The monoisotopic (exact) mass is 277 g/mol. The first-order valence-corrected chi connectivity index (χ1v) is 6.56. The molecule has 1 aromatic rings. The molecule has 0 saturated heterocycles. The molecule has 3 N–H and O–H groups in total. The highest BCUT2D eigenvalue weighted by atomic mass is 16.2. The standard InChI is InChI=1S/C15H23N3O2/c1-15(2,3)17-12(19)10-18(4)13(14(16)20)11-8-6-5-7-9-11/h5-9,13H,10H2,1-4H3,(H2,16,20)(H,17,19). The summed E-state index contributed by atoms with van der Waals surface area (Å²) in [6.45, 7) is 5.84. The van der Waals surface area contributed by atoms with E-state index < -0.39 is 11.9 Å². The molecule has 5 nitrogen and oxygen atoms in total. The van der Waals surface area contributed by atoms with Crippen LogP contribution in [0.1, 0.15) is 32.4 Å². The van der Waals surface area contributed by atoms with Gasteiger partial charge in [0.1, 0.15) is 6.04 Å². The van der Waals surface area contributed by atoms with Crippen molar-refractivity contribution in [2.75, 3.05) is 13.6 Å². The van der Waals surface area contributed by atoms with Crippen LogP contribution in [0.5, 0.6) is 0 Å². The van der Waals surface area contributed by atoms with Gasteiger partial charge in [-0.1, -0.05) is 30.3 Å². The van der Waals surface area contributed by atoms with Crippen LogP contribution >= 0.6 is 0 Å². The summed E-state index contributed by atoms with van der Waals surface area (Å²) in [6.07, 6.45) is 0. The van der Waals surface area contributed by atoms with E-state index in [1.54, 1.807) is 11.9 Å². The van der Waals surface area contributed by atoms with E-state index in [0.29, 0.717) is 0 Å². The Bertz CT molecular complexity index is 466. The summed E-state index contributed by atoms with van der Waals surface area (Å²) in [4.78, 5) is 25.2. The molecular weight excluding hydrogens is 254 g/mol. The molecule has 5 heteroatoms. The van der Waals surface area contributed by atoms with Gasteiger partial charge in [0, 0.05) is 5.54 Å². The number of benzene rings is 1. The minimum Gasteiger partial charge on any atom is -0.368 e. The second kappa shape index (κ2) is 6.52. The third-order valence-corrected chi connectivity index (χ3v) is 2.73. The molecule has 0 saturated carbocycles. The van der Waals surface area contributed by atoms with Gasteiger partial charge in [-0.15, -0.1) is 0 Å². The Kier molecular flexibility index (Phi) is 5.27. The Morgan fingerprint density at radius 1 is 1.25 bits per heavy atom. The van der Waals surface area contributed by atoms with Crippen molar-refractivity contribution in [3.63, 3.8) is 0 Å². The molecule has 110 valence electrons. The van der Waals surface area contributed by atoms with Crippen LogP contribution < -0.4 is 11.1 Å². The Balaban J connectivity index is 2.79. The number of carbonyl (C=O) groups excluding carboxylic acids is 2. The van der Waals surface area contributed by atoms with Gasteiger partial charge >= 0.3 is 0 Å². The van der Waals surface area contributed by atoms with Gasteiger partial charge in [0.2, 0.25) is 11.8 Å². The van der Waals surface area contributed by atoms with E-state index in [2.05, 4.69) is 5.32 Å². The summed E-state index contributed by atoms with van der Waals surface area (Å²) < 4.78 is 0. The topological polar surface area (TPSA) is 75.4 Å². The first-order chi connectivity index (χ1) is 9.20. The van der Waals surface area contributed by atoms with Gasteiger partial charge in [-0.2, -0.15) is 0 Å². The van der Waals surface area contributed by atoms with Crippen molar-refractivity contribution in [1.29, 1.82) is 0 Å². The fourth-order valence-corrected chi connectivity index (χ4v) is 2.05. The highest BCUT2D eigenvalue weighted by molar-refractivity contribution is 5.83. The van der Waals surface area contributed by atoms with Gasteiger partial charge in [-0.05, 0) is 33.4 Å². The van der Waals surface area contributed by atoms with E-state index >= 15 is 0 Å². The highest BCUT2D eigenvalue weighted by Gasteiger charge is 2.25. The zero-order chi connectivity index (χ0) is 15.3. The van der Waals surface area contributed by atoms with Crippen LogP contribution in [0.2, 0.25) is 0 Å². The molecule has 2 amide bonds. The zero-order valence-corrected chi connectivity index (χ0v) is 12.5. The van der Waals surface area contributed by atoms with Crippen molar-refractivity contribution in [2.24, 2.45) is 5.73 Å². The molecule has 0 aliphatic heterocycles. The second-order valence-corrected chi connectivity index (χ2v) is 5.93. The first-order valence-electron chi connectivity index (χ1n) is 6.56. The average Bonchev–Trinajstić information content (AvgIpc) is 2.26. The summed E-state index contributed by atoms with van der Waals surface area (Å²) in [5, 5.41) is 2.86. The molecule has 20 heavy (non-hydrogen) atoms. The molecule has 0 spiro atoms. The maximum absolute atomic E-state index is 11.9. The normalized spacial score (nSPS) is 13.1. The van der Waals surface area contributed by atoms with Crippen LogP contribution in [0.3, 0.4) is 0 Å². The molecule has 0 aliphatic carbocycles. The Morgan fingerprint density at radius 2 is 1.80 bits per heavy atom. The van der Waals surface area contributed by atoms with E-state index in [1.165, 1.54) is 0 Å². The van der Waals surface area contributed by atoms with Crippen molar-refractivity contribution < 1.29 is 9.59 Å². The van der Waals surface area contributed by atoms with Gasteiger partial charge in [0.15, 0.2) is 0 Å². The fraction of sp³-hybridized carbons (Fsp3) is 0.467. The van der Waals surface area contributed by atoms with Gasteiger partial charge < -0.3 is 11.1 Å². The third-order valence-electron chi connectivity index (χ3n) is 2.73. The maximum atomic E-state index is 11.9. The second-order valence-electron chi connectivity index (χ2n) is 5.93. The Morgan fingerprint density at radius 3 is 2.25 bits per heavy atom. The van der Waals surface area contributed by atoms with Crippen molar-refractivity contribution in [3.8, 4) is 0 Å². The smallest absolute Gasteiger partial charge is 0.239 e. The Hall–Kier alpha value is -1.88. The van der Waals surface area contributed by atoms with Crippen molar-refractivity contribution >= 4 is 11.8 Å².